The first-order chi connectivity index (χ1) is 8.56. The number of nitrogens with zero attached hydrogens (tertiary/aromatic N) is 1. The van der Waals surface area contributed by atoms with Gasteiger partial charge in [-0.05, 0) is 18.1 Å². The molecule has 0 aliphatic rings. The normalized spacial score (nSPS) is 10.3. The molecule has 0 radical (unpaired) electrons. The van der Waals surface area contributed by atoms with Crippen LogP contribution in [0.1, 0.15) is 12.0 Å². The number of carbonyl (C=O) groups is 1. The van der Waals surface area contributed by atoms with Crippen LogP contribution in [0.25, 0.3) is 0 Å². The van der Waals surface area contributed by atoms with Crippen LogP contribution in [0.4, 0.5) is 0 Å². The lowest BCUT2D eigenvalue weighted by Crippen LogP contribution is -2.36. The number of rotatable bonds is 6. The SMILES string of the molecule is COc1ccc(CCC(=O)NN(C)C)c(OC)c1. The predicted octanol–water partition coefficient (Wildman–Crippen LogP) is 1.23. The lowest BCUT2D eigenvalue weighted by molar-refractivity contribution is -0.124. The summed E-state index contributed by atoms with van der Waals surface area (Å²) < 4.78 is 10.4. The molecule has 1 aromatic rings. The first-order valence-corrected chi connectivity index (χ1v) is 5.74. The van der Waals surface area contributed by atoms with Crippen molar-refractivity contribution in [2.24, 2.45) is 0 Å². The number of hydrazine groups is 1. The molecule has 18 heavy (non-hydrogen) atoms. The number of carbonyl (C=O) groups excluding carboxylic acids is 1. The minimum Gasteiger partial charge on any atom is -0.497 e. The van der Waals surface area contributed by atoms with Crippen molar-refractivity contribution in [3.8, 4) is 11.5 Å². The zero-order chi connectivity index (χ0) is 13.5. The van der Waals surface area contributed by atoms with Crippen molar-refractivity contribution in [3.63, 3.8) is 0 Å². The molecular weight excluding hydrogens is 232 g/mol. The van der Waals surface area contributed by atoms with Crippen LogP contribution in [0, 0.1) is 0 Å². The molecule has 0 atom stereocenters. The second-order valence-corrected chi connectivity index (χ2v) is 4.11. The Bertz CT molecular complexity index is 405. The van der Waals surface area contributed by atoms with Crippen molar-refractivity contribution in [2.75, 3.05) is 28.3 Å². The molecule has 1 rings (SSSR count). The maximum Gasteiger partial charge on any atom is 0.234 e. The molecule has 1 aromatic carbocycles. The Hall–Kier alpha value is -1.75. The summed E-state index contributed by atoms with van der Waals surface area (Å²) in [4.78, 5) is 11.5. The van der Waals surface area contributed by atoms with Gasteiger partial charge in [0.25, 0.3) is 0 Å². The van der Waals surface area contributed by atoms with E-state index in [0.29, 0.717) is 12.8 Å². The first kappa shape index (κ1) is 14.3. The Labute approximate surface area is 108 Å². The van der Waals surface area contributed by atoms with E-state index in [0.717, 1.165) is 17.1 Å². The zero-order valence-electron chi connectivity index (χ0n) is 11.3. The fourth-order valence-corrected chi connectivity index (χ4v) is 1.61. The molecule has 0 fully saturated rings. The van der Waals surface area contributed by atoms with Crippen LogP contribution in [0.5, 0.6) is 11.5 Å². The highest BCUT2D eigenvalue weighted by Gasteiger charge is 2.08. The maximum atomic E-state index is 11.5. The molecule has 0 saturated carbocycles. The van der Waals surface area contributed by atoms with Gasteiger partial charge in [0.15, 0.2) is 0 Å². The van der Waals surface area contributed by atoms with E-state index in [1.54, 1.807) is 33.3 Å². The Balaban J connectivity index is 2.64. The van der Waals surface area contributed by atoms with Gasteiger partial charge in [0.2, 0.25) is 5.91 Å². The second-order valence-electron chi connectivity index (χ2n) is 4.11. The number of methoxy groups -OCH3 is 2. The van der Waals surface area contributed by atoms with Crippen LogP contribution < -0.4 is 14.9 Å². The van der Waals surface area contributed by atoms with Crippen molar-refractivity contribution in [1.82, 2.24) is 10.4 Å². The van der Waals surface area contributed by atoms with E-state index < -0.39 is 0 Å². The van der Waals surface area contributed by atoms with Crippen molar-refractivity contribution in [3.05, 3.63) is 23.8 Å². The monoisotopic (exact) mass is 252 g/mol. The largest absolute Gasteiger partial charge is 0.497 e. The van der Waals surface area contributed by atoms with Crippen molar-refractivity contribution < 1.29 is 14.3 Å². The second kappa shape index (κ2) is 6.86. The van der Waals surface area contributed by atoms with E-state index in [1.165, 1.54) is 0 Å². The average Bonchev–Trinajstić information content (AvgIpc) is 2.35. The fourth-order valence-electron chi connectivity index (χ4n) is 1.61. The van der Waals surface area contributed by atoms with Gasteiger partial charge in [-0.1, -0.05) is 6.07 Å². The summed E-state index contributed by atoms with van der Waals surface area (Å²) in [6, 6.07) is 5.60. The third-order valence-corrected chi connectivity index (χ3v) is 2.46. The zero-order valence-corrected chi connectivity index (χ0v) is 11.3. The van der Waals surface area contributed by atoms with Crippen LogP contribution >= 0.6 is 0 Å². The number of hydrogen-bond donors (Lipinski definition) is 1. The number of amides is 1. The quantitative estimate of drug-likeness (QED) is 0.774. The Morgan fingerprint density at radius 3 is 2.56 bits per heavy atom. The summed E-state index contributed by atoms with van der Waals surface area (Å²) in [5.74, 6) is 1.47. The molecule has 5 nitrogen and oxygen atoms in total. The highest BCUT2D eigenvalue weighted by Crippen LogP contribution is 2.25. The molecule has 0 heterocycles. The van der Waals surface area contributed by atoms with Crippen molar-refractivity contribution in [1.29, 1.82) is 0 Å². The molecule has 1 N–H and O–H groups in total. The van der Waals surface area contributed by atoms with Crippen molar-refractivity contribution in [2.45, 2.75) is 12.8 Å². The predicted molar refractivity (Wildman–Crippen MR) is 69.7 cm³/mol. The molecule has 0 bridgehead atoms. The first-order valence-electron chi connectivity index (χ1n) is 5.74. The third kappa shape index (κ3) is 4.25. The summed E-state index contributed by atoms with van der Waals surface area (Å²) in [7, 11) is 6.79. The number of nitrogens with one attached hydrogen (secondary N) is 1. The van der Waals surface area contributed by atoms with Gasteiger partial charge in [0.1, 0.15) is 11.5 Å². The Morgan fingerprint density at radius 1 is 1.28 bits per heavy atom. The molecule has 0 aromatic heterocycles. The van der Waals surface area contributed by atoms with Gasteiger partial charge in [-0.15, -0.1) is 0 Å². The lowest BCUT2D eigenvalue weighted by atomic mass is 10.1. The maximum absolute atomic E-state index is 11.5. The molecule has 0 spiro atoms. The Morgan fingerprint density at radius 2 is 2.00 bits per heavy atom. The smallest absolute Gasteiger partial charge is 0.234 e. The lowest BCUT2D eigenvalue weighted by Gasteiger charge is -2.13. The standard InChI is InChI=1S/C13H20N2O3/c1-15(2)14-13(16)8-6-10-5-7-11(17-3)9-12(10)18-4/h5,7,9H,6,8H2,1-4H3,(H,14,16). The van der Waals surface area contributed by atoms with Gasteiger partial charge in [-0.3, -0.25) is 10.2 Å². The summed E-state index contributed by atoms with van der Waals surface area (Å²) in [5.41, 5.74) is 3.69. The number of benzene rings is 1. The highest BCUT2D eigenvalue weighted by molar-refractivity contribution is 5.75. The molecule has 0 unspecified atom stereocenters. The van der Waals surface area contributed by atoms with E-state index >= 15 is 0 Å². The van der Waals surface area contributed by atoms with Crippen LogP contribution in [-0.4, -0.2) is 39.2 Å². The van der Waals surface area contributed by atoms with E-state index in [9.17, 15) is 4.79 Å². The number of aryl methyl sites for hydroxylation is 1. The third-order valence-electron chi connectivity index (χ3n) is 2.46. The summed E-state index contributed by atoms with van der Waals surface area (Å²) >= 11 is 0. The molecule has 0 aliphatic heterocycles. The fraction of sp³-hybridized carbons (Fsp3) is 0.462. The van der Waals surface area contributed by atoms with E-state index in [2.05, 4.69) is 5.43 Å². The summed E-state index contributed by atoms with van der Waals surface area (Å²) in [6.45, 7) is 0. The van der Waals surface area contributed by atoms with Gasteiger partial charge in [-0.25, -0.2) is 5.01 Å². The van der Waals surface area contributed by atoms with Crippen LogP contribution in [0.2, 0.25) is 0 Å². The topological polar surface area (TPSA) is 50.8 Å². The van der Waals surface area contributed by atoms with E-state index in [-0.39, 0.29) is 5.91 Å². The molecule has 1 amide bonds. The molecule has 5 heteroatoms. The van der Waals surface area contributed by atoms with Gasteiger partial charge in [0.05, 0.1) is 14.2 Å². The average molecular weight is 252 g/mol. The highest BCUT2D eigenvalue weighted by atomic mass is 16.5. The molecule has 0 saturated heterocycles. The Kier molecular flexibility index (Phi) is 5.45. The molecule has 100 valence electrons. The van der Waals surface area contributed by atoms with Gasteiger partial charge < -0.3 is 9.47 Å². The summed E-state index contributed by atoms with van der Waals surface area (Å²) in [6.07, 6.45) is 1.05. The van der Waals surface area contributed by atoms with Gasteiger partial charge in [-0.2, -0.15) is 0 Å². The minimum atomic E-state index is -0.0159. The van der Waals surface area contributed by atoms with Crippen molar-refractivity contribution >= 4 is 5.91 Å². The van der Waals surface area contributed by atoms with Gasteiger partial charge >= 0.3 is 0 Å². The van der Waals surface area contributed by atoms with Crippen LogP contribution in [0.3, 0.4) is 0 Å². The summed E-state index contributed by atoms with van der Waals surface area (Å²) in [5, 5.41) is 1.63. The van der Waals surface area contributed by atoms with Crippen LogP contribution in [0.15, 0.2) is 18.2 Å². The number of hydrogen-bond acceptors (Lipinski definition) is 4. The van der Waals surface area contributed by atoms with Crippen LogP contribution in [-0.2, 0) is 11.2 Å². The van der Waals surface area contributed by atoms with E-state index in [1.807, 2.05) is 18.2 Å². The molecular formula is C13H20N2O3. The van der Waals surface area contributed by atoms with E-state index in [4.69, 9.17) is 9.47 Å². The van der Waals surface area contributed by atoms with Gasteiger partial charge in [0, 0.05) is 26.6 Å². The minimum absolute atomic E-state index is 0.0159. The number of ether oxygens (including phenoxy) is 2. The molecule has 0 aliphatic carbocycles.